The zero-order valence-corrected chi connectivity index (χ0v) is 13.5. The van der Waals surface area contributed by atoms with Crippen molar-refractivity contribution in [3.05, 3.63) is 28.8 Å². The highest BCUT2D eigenvalue weighted by Gasteiger charge is 2.22. The quantitative estimate of drug-likeness (QED) is 0.874. The first kappa shape index (κ1) is 15.1. The van der Waals surface area contributed by atoms with E-state index in [2.05, 4.69) is 57.1 Å². The van der Waals surface area contributed by atoms with Gasteiger partial charge in [0.05, 0.1) is 5.92 Å². The topological polar surface area (TPSA) is 63.8 Å². The van der Waals surface area contributed by atoms with Gasteiger partial charge < -0.3 is 9.84 Å². The van der Waals surface area contributed by atoms with E-state index in [0.717, 1.165) is 23.0 Å². The van der Waals surface area contributed by atoms with Crippen molar-refractivity contribution in [3.8, 4) is 11.4 Å². The lowest BCUT2D eigenvalue weighted by atomic mass is 9.99. The summed E-state index contributed by atoms with van der Waals surface area (Å²) in [6.45, 7) is 7.29. The average molecular weight is 339 g/mol. The predicted octanol–water partition coefficient (Wildman–Crippen LogP) is 3.39. The van der Waals surface area contributed by atoms with Crippen LogP contribution in [0.1, 0.15) is 39.0 Å². The molecule has 5 nitrogen and oxygen atoms in total. The Labute approximate surface area is 127 Å². The van der Waals surface area contributed by atoms with Crippen molar-refractivity contribution in [1.82, 2.24) is 20.4 Å². The first-order chi connectivity index (χ1) is 9.65. The first-order valence-corrected chi connectivity index (χ1v) is 7.62. The Balaban J connectivity index is 2.20. The number of nitrogens with zero attached hydrogens (tertiary/aromatic N) is 3. The number of aromatic nitrogens is 3. The molecule has 0 radical (unpaired) electrons. The van der Waals surface area contributed by atoms with E-state index in [1.807, 2.05) is 6.07 Å². The van der Waals surface area contributed by atoms with Crippen LogP contribution in [0.15, 0.2) is 27.5 Å². The molecule has 0 amide bonds. The minimum atomic E-state index is 0.182. The van der Waals surface area contributed by atoms with Crippen LogP contribution < -0.4 is 5.32 Å². The van der Waals surface area contributed by atoms with Crippen LogP contribution in [0, 0.1) is 0 Å². The molecule has 0 aliphatic rings. The van der Waals surface area contributed by atoms with Gasteiger partial charge in [-0.15, -0.1) is 0 Å². The molecule has 0 saturated carbocycles. The van der Waals surface area contributed by atoms with Crippen molar-refractivity contribution < 1.29 is 4.52 Å². The molecule has 1 N–H and O–H groups in total. The van der Waals surface area contributed by atoms with Crippen molar-refractivity contribution in [2.45, 2.75) is 39.2 Å². The van der Waals surface area contributed by atoms with Gasteiger partial charge in [0, 0.05) is 28.5 Å². The van der Waals surface area contributed by atoms with E-state index in [9.17, 15) is 0 Å². The van der Waals surface area contributed by atoms with Crippen LogP contribution in [-0.2, 0) is 0 Å². The van der Waals surface area contributed by atoms with E-state index < -0.39 is 0 Å². The van der Waals surface area contributed by atoms with Gasteiger partial charge in [-0.25, -0.2) is 0 Å². The molecule has 0 aromatic carbocycles. The summed E-state index contributed by atoms with van der Waals surface area (Å²) in [5.74, 6) is 1.42. The van der Waals surface area contributed by atoms with Gasteiger partial charge in [0.25, 0.3) is 0 Å². The Morgan fingerprint density at radius 1 is 1.35 bits per heavy atom. The van der Waals surface area contributed by atoms with Gasteiger partial charge >= 0.3 is 0 Å². The van der Waals surface area contributed by atoms with E-state index in [0.29, 0.717) is 17.8 Å². The van der Waals surface area contributed by atoms with Gasteiger partial charge in [-0.1, -0.05) is 25.9 Å². The fourth-order valence-corrected chi connectivity index (χ4v) is 2.55. The van der Waals surface area contributed by atoms with Crippen LogP contribution in [0.25, 0.3) is 11.4 Å². The lowest BCUT2D eigenvalue weighted by Crippen LogP contribution is -2.33. The SMILES string of the molecule is CCNC(CC)C(C)c1nc(-c2cncc(Br)c2)no1. The standard InChI is InChI=1S/C14H19BrN4O/c1-4-12(17-5-2)9(3)14-18-13(19-20-14)10-6-11(15)8-16-7-10/h6-9,12,17H,4-5H2,1-3H3. The maximum atomic E-state index is 5.41. The van der Waals surface area contributed by atoms with Crippen LogP contribution in [-0.4, -0.2) is 27.7 Å². The lowest BCUT2D eigenvalue weighted by Gasteiger charge is -2.20. The molecule has 2 atom stereocenters. The Morgan fingerprint density at radius 3 is 2.80 bits per heavy atom. The van der Waals surface area contributed by atoms with Crippen molar-refractivity contribution >= 4 is 15.9 Å². The third-order valence-corrected chi connectivity index (χ3v) is 3.74. The summed E-state index contributed by atoms with van der Waals surface area (Å²) in [6, 6.07) is 2.27. The Kier molecular flexibility index (Phi) is 5.25. The van der Waals surface area contributed by atoms with Crippen molar-refractivity contribution in [2.24, 2.45) is 0 Å². The highest BCUT2D eigenvalue weighted by molar-refractivity contribution is 9.10. The first-order valence-electron chi connectivity index (χ1n) is 6.83. The maximum Gasteiger partial charge on any atom is 0.231 e. The smallest absolute Gasteiger partial charge is 0.231 e. The Hall–Kier alpha value is -1.27. The molecule has 0 bridgehead atoms. The van der Waals surface area contributed by atoms with Gasteiger partial charge in [-0.05, 0) is 35.0 Å². The summed E-state index contributed by atoms with van der Waals surface area (Å²) >= 11 is 3.39. The monoisotopic (exact) mass is 338 g/mol. The molecule has 0 aliphatic heterocycles. The van der Waals surface area contributed by atoms with Crippen molar-refractivity contribution in [1.29, 1.82) is 0 Å². The fourth-order valence-electron chi connectivity index (χ4n) is 2.18. The molecule has 0 aliphatic carbocycles. The number of nitrogens with one attached hydrogen (secondary N) is 1. The van der Waals surface area contributed by atoms with Crippen LogP contribution in [0.3, 0.4) is 0 Å². The minimum absolute atomic E-state index is 0.182. The molecular formula is C14H19BrN4O. The lowest BCUT2D eigenvalue weighted by molar-refractivity contribution is 0.321. The number of rotatable bonds is 6. The van der Waals surface area contributed by atoms with Gasteiger partial charge in [-0.2, -0.15) is 4.98 Å². The van der Waals surface area contributed by atoms with Crippen molar-refractivity contribution in [3.63, 3.8) is 0 Å². The fraction of sp³-hybridized carbons (Fsp3) is 0.500. The van der Waals surface area contributed by atoms with Crippen molar-refractivity contribution in [2.75, 3.05) is 6.54 Å². The highest BCUT2D eigenvalue weighted by atomic mass is 79.9. The number of pyridine rings is 1. The van der Waals surface area contributed by atoms with E-state index in [-0.39, 0.29) is 5.92 Å². The third kappa shape index (κ3) is 3.43. The normalized spacial score (nSPS) is 14.2. The van der Waals surface area contributed by atoms with Gasteiger partial charge in [0.15, 0.2) is 0 Å². The number of hydrogen-bond donors (Lipinski definition) is 1. The molecule has 0 spiro atoms. The molecular weight excluding hydrogens is 320 g/mol. The largest absolute Gasteiger partial charge is 0.339 e. The van der Waals surface area contributed by atoms with Crippen LogP contribution in [0.5, 0.6) is 0 Å². The van der Waals surface area contributed by atoms with Crippen LogP contribution in [0.2, 0.25) is 0 Å². The molecule has 6 heteroatoms. The minimum Gasteiger partial charge on any atom is -0.339 e. The summed E-state index contributed by atoms with van der Waals surface area (Å²) in [6.07, 6.45) is 4.47. The Morgan fingerprint density at radius 2 is 2.15 bits per heavy atom. The summed E-state index contributed by atoms with van der Waals surface area (Å²) < 4.78 is 6.30. The van der Waals surface area contributed by atoms with Gasteiger partial charge in [0.1, 0.15) is 0 Å². The van der Waals surface area contributed by atoms with E-state index in [1.54, 1.807) is 12.4 Å². The maximum absolute atomic E-state index is 5.41. The number of likely N-dealkylation sites (N-methyl/N-ethyl adjacent to an activating group) is 1. The third-order valence-electron chi connectivity index (χ3n) is 3.30. The van der Waals surface area contributed by atoms with E-state index in [4.69, 9.17) is 4.52 Å². The second-order valence-corrected chi connectivity index (χ2v) is 5.62. The molecule has 2 rings (SSSR count). The zero-order chi connectivity index (χ0) is 14.5. The second kappa shape index (κ2) is 6.95. The summed E-state index contributed by atoms with van der Waals surface area (Å²) in [5, 5.41) is 7.49. The van der Waals surface area contributed by atoms with E-state index in [1.165, 1.54) is 0 Å². The molecule has 2 aromatic heterocycles. The molecule has 2 heterocycles. The number of hydrogen-bond acceptors (Lipinski definition) is 5. The predicted molar refractivity (Wildman–Crippen MR) is 81.4 cm³/mol. The van der Waals surface area contributed by atoms with Crippen LogP contribution >= 0.6 is 15.9 Å². The zero-order valence-electron chi connectivity index (χ0n) is 11.9. The number of halogens is 1. The summed E-state index contributed by atoms with van der Waals surface area (Å²) in [5.41, 5.74) is 0.845. The summed E-state index contributed by atoms with van der Waals surface area (Å²) in [7, 11) is 0. The molecule has 2 aromatic rings. The Bertz CT molecular complexity index is 558. The second-order valence-electron chi connectivity index (χ2n) is 4.71. The molecule has 20 heavy (non-hydrogen) atoms. The molecule has 0 fully saturated rings. The van der Waals surface area contributed by atoms with E-state index >= 15 is 0 Å². The average Bonchev–Trinajstić information content (AvgIpc) is 2.94. The van der Waals surface area contributed by atoms with Gasteiger partial charge in [0.2, 0.25) is 11.7 Å². The van der Waals surface area contributed by atoms with Crippen LogP contribution in [0.4, 0.5) is 0 Å². The van der Waals surface area contributed by atoms with Gasteiger partial charge in [-0.3, -0.25) is 4.98 Å². The molecule has 0 saturated heterocycles. The molecule has 2 unspecified atom stereocenters. The molecule has 108 valence electrons. The highest BCUT2D eigenvalue weighted by Crippen LogP contribution is 2.24. The summed E-state index contributed by atoms with van der Waals surface area (Å²) in [4.78, 5) is 8.61.